The summed E-state index contributed by atoms with van der Waals surface area (Å²) >= 11 is 2.03. The molecule has 1 aromatic rings. The van der Waals surface area contributed by atoms with E-state index in [0.29, 0.717) is 6.04 Å². The summed E-state index contributed by atoms with van der Waals surface area (Å²) in [5.74, 6) is 5.28. The van der Waals surface area contributed by atoms with Crippen LogP contribution in [0.15, 0.2) is 6.07 Å². The fraction of sp³-hybridized carbons (Fsp3) is 0.692. The van der Waals surface area contributed by atoms with Crippen LogP contribution in [0.1, 0.15) is 25.6 Å². The van der Waals surface area contributed by atoms with Crippen LogP contribution in [0.2, 0.25) is 0 Å². The van der Waals surface area contributed by atoms with E-state index < -0.39 is 0 Å². The first kappa shape index (κ1) is 13.5. The number of nitrogens with zero attached hydrogens (tertiary/aromatic N) is 3. The molecule has 1 aliphatic heterocycles. The first-order valence-corrected chi connectivity index (χ1v) is 7.76. The minimum atomic E-state index is 0.614. The Labute approximate surface area is 114 Å². The zero-order valence-electron chi connectivity index (χ0n) is 11.4. The number of aromatic nitrogens is 2. The van der Waals surface area contributed by atoms with Crippen molar-refractivity contribution in [3.63, 3.8) is 0 Å². The highest BCUT2D eigenvalue weighted by Gasteiger charge is 2.21. The summed E-state index contributed by atoms with van der Waals surface area (Å²) in [7, 11) is 2.14. The fourth-order valence-electron chi connectivity index (χ4n) is 2.09. The van der Waals surface area contributed by atoms with Crippen molar-refractivity contribution >= 4 is 23.4 Å². The summed E-state index contributed by atoms with van der Waals surface area (Å²) in [6.45, 7) is 5.07. The molecule has 0 aromatic carbocycles. The van der Waals surface area contributed by atoms with Gasteiger partial charge in [-0.1, -0.05) is 6.92 Å². The van der Waals surface area contributed by atoms with Crippen LogP contribution >= 0.6 is 11.8 Å². The smallest absolute Gasteiger partial charge is 0.134 e. The lowest BCUT2D eigenvalue weighted by Crippen LogP contribution is -2.32. The molecule has 1 unspecified atom stereocenters. The molecule has 1 atom stereocenters. The number of hydrogen-bond acceptors (Lipinski definition) is 5. The molecule has 18 heavy (non-hydrogen) atoms. The average molecular weight is 266 g/mol. The Balaban J connectivity index is 2.13. The van der Waals surface area contributed by atoms with E-state index in [2.05, 4.69) is 40.2 Å². The molecule has 5 heteroatoms. The molecule has 1 N–H and O–H groups in total. The third-order valence-corrected chi connectivity index (χ3v) is 4.34. The molecule has 0 spiro atoms. The Morgan fingerprint density at radius 1 is 1.50 bits per heavy atom. The van der Waals surface area contributed by atoms with Crippen molar-refractivity contribution in [2.75, 3.05) is 35.3 Å². The Morgan fingerprint density at radius 2 is 2.33 bits per heavy atom. The van der Waals surface area contributed by atoms with Crippen molar-refractivity contribution in [2.24, 2.45) is 0 Å². The van der Waals surface area contributed by atoms with Gasteiger partial charge in [-0.25, -0.2) is 9.97 Å². The molecule has 0 amide bonds. The van der Waals surface area contributed by atoms with Crippen LogP contribution < -0.4 is 10.2 Å². The molecular formula is C13H22N4S. The van der Waals surface area contributed by atoms with Gasteiger partial charge in [0.05, 0.1) is 0 Å². The molecule has 1 fully saturated rings. The molecular weight excluding hydrogens is 244 g/mol. The molecule has 0 bridgehead atoms. The van der Waals surface area contributed by atoms with Gasteiger partial charge in [-0.2, -0.15) is 11.8 Å². The van der Waals surface area contributed by atoms with Crippen LogP contribution in [0, 0.1) is 6.92 Å². The molecule has 2 rings (SSSR count). The molecule has 0 saturated carbocycles. The van der Waals surface area contributed by atoms with Crippen LogP contribution in [0.25, 0.3) is 0 Å². The van der Waals surface area contributed by atoms with Crippen LogP contribution in [-0.4, -0.2) is 41.1 Å². The number of hydrogen-bond donors (Lipinski definition) is 1. The van der Waals surface area contributed by atoms with E-state index in [-0.39, 0.29) is 0 Å². The van der Waals surface area contributed by atoms with Gasteiger partial charge in [-0.3, -0.25) is 0 Å². The predicted octanol–water partition coefficient (Wildman–Crippen LogP) is 2.55. The van der Waals surface area contributed by atoms with Gasteiger partial charge < -0.3 is 10.2 Å². The van der Waals surface area contributed by atoms with Crippen molar-refractivity contribution in [1.29, 1.82) is 0 Å². The molecule has 0 aliphatic carbocycles. The fourth-order valence-corrected chi connectivity index (χ4v) is 3.36. The highest BCUT2D eigenvalue weighted by atomic mass is 32.2. The summed E-state index contributed by atoms with van der Waals surface area (Å²) in [6, 6.07) is 2.68. The molecule has 1 aliphatic rings. The van der Waals surface area contributed by atoms with Crippen LogP contribution in [0.5, 0.6) is 0 Å². The number of aryl methyl sites for hydroxylation is 1. The lowest BCUT2D eigenvalue weighted by Gasteiger charge is -2.25. The topological polar surface area (TPSA) is 41.0 Å². The second-order valence-corrected chi connectivity index (χ2v) is 5.86. The Bertz CT molecular complexity index is 391. The number of nitrogens with one attached hydrogen (secondary N) is 1. The van der Waals surface area contributed by atoms with E-state index in [1.165, 1.54) is 17.9 Å². The zero-order chi connectivity index (χ0) is 13.0. The van der Waals surface area contributed by atoms with E-state index in [1.54, 1.807) is 0 Å². The number of anilines is 2. The lowest BCUT2D eigenvalue weighted by molar-refractivity contribution is 0.689. The lowest BCUT2D eigenvalue weighted by atomic mass is 10.2. The molecule has 4 nitrogen and oxygen atoms in total. The average Bonchev–Trinajstić information content (AvgIpc) is 2.88. The Morgan fingerprint density at radius 3 is 3.00 bits per heavy atom. The molecule has 0 radical (unpaired) electrons. The van der Waals surface area contributed by atoms with Crippen molar-refractivity contribution < 1.29 is 0 Å². The van der Waals surface area contributed by atoms with Crippen molar-refractivity contribution in [3.8, 4) is 0 Å². The van der Waals surface area contributed by atoms with Crippen LogP contribution in [-0.2, 0) is 0 Å². The first-order chi connectivity index (χ1) is 8.70. The molecule has 2 heterocycles. The Kier molecular flexibility index (Phi) is 4.69. The second-order valence-electron chi connectivity index (χ2n) is 4.71. The molecule has 100 valence electrons. The number of rotatable bonds is 5. The van der Waals surface area contributed by atoms with E-state index in [4.69, 9.17) is 0 Å². The standard InChI is InChI=1S/C13H22N4S/c1-4-6-14-12-8-13(16-10(2)15-12)17(3)11-5-7-18-9-11/h8,11H,4-7,9H2,1-3H3,(H,14,15,16). The SMILES string of the molecule is CCCNc1cc(N(C)C2CCSC2)nc(C)n1. The van der Waals surface area contributed by atoms with Gasteiger partial charge in [0.1, 0.15) is 17.5 Å². The summed E-state index contributed by atoms with van der Waals surface area (Å²) < 4.78 is 0. The maximum absolute atomic E-state index is 4.55. The van der Waals surface area contributed by atoms with Crippen LogP contribution in [0.4, 0.5) is 11.6 Å². The summed E-state index contributed by atoms with van der Waals surface area (Å²) in [6.07, 6.45) is 2.36. The van der Waals surface area contributed by atoms with Gasteiger partial charge in [0.25, 0.3) is 0 Å². The molecule has 1 saturated heterocycles. The highest BCUT2D eigenvalue weighted by molar-refractivity contribution is 7.99. The third-order valence-electron chi connectivity index (χ3n) is 3.20. The maximum atomic E-state index is 4.55. The largest absolute Gasteiger partial charge is 0.370 e. The highest BCUT2D eigenvalue weighted by Crippen LogP contribution is 2.25. The van der Waals surface area contributed by atoms with E-state index in [1.807, 2.05) is 18.7 Å². The van der Waals surface area contributed by atoms with E-state index >= 15 is 0 Å². The quantitative estimate of drug-likeness (QED) is 0.887. The zero-order valence-corrected chi connectivity index (χ0v) is 12.3. The second kappa shape index (κ2) is 6.27. The minimum Gasteiger partial charge on any atom is -0.370 e. The van der Waals surface area contributed by atoms with Gasteiger partial charge in [-0.15, -0.1) is 0 Å². The van der Waals surface area contributed by atoms with Gasteiger partial charge in [-0.05, 0) is 25.5 Å². The minimum absolute atomic E-state index is 0.614. The van der Waals surface area contributed by atoms with Crippen molar-refractivity contribution in [2.45, 2.75) is 32.7 Å². The predicted molar refractivity (Wildman–Crippen MR) is 79.7 cm³/mol. The van der Waals surface area contributed by atoms with Crippen LogP contribution in [0.3, 0.4) is 0 Å². The van der Waals surface area contributed by atoms with Gasteiger partial charge in [0, 0.05) is 31.5 Å². The van der Waals surface area contributed by atoms with E-state index in [9.17, 15) is 0 Å². The summed E-state index contributed by atoms with van der Waals surface area (Å²) in [4.78, 5) is 11.3. The monoisotopic (exact) mass is 266 g/mol. The number of thioether (sulfide) groups is 1. The summed E-state index contributed by atoms with van der Waals surface area (Å²) in [5.41, 5.74) is 0. The third kappa shape index (κ3) is 3.28. The van der Waals surface area contributed by atoms with E-state index in [0.717, 1.165) is 30.4 Å². The first-order valence-electron chi connectivity index (χ1n) is 6.61. The van der Waals surface area contributed by atoms with Gasteiger partial charge in [0.15, 0.2) is 0 Å². The van der Waals surface area contributed by atoms with Gasteiger partial charge >= 0.3 is 0 Å². The summed E-state index contributed by atoms with van der Waals surface area (Å²) in [5, 5.41) is 3.34. The van der Waals surface area contributed by atoms with Crippen molar-refractivity contribution in [3.05, 3.63) is 11.9 Å². The molecule has 1 aromatic heterocycles. The van der Waals surface area contributed by atoms with Crippen molar-refractivity contribution in [1.82, 2.24) is 9.97 Å². The Hall–Kier alpha value is -0.970. The van der Waals surface area contributed by atoms with Gasteiger partial charge in [0.2, 0.25) is 0 Å². The maximum Gasteiger partial charge on any atom is 0.134 e. The normalized spacial score (nSPS) is 18.9.